The third-order valence-corrected chi connectivity index (χ3v) is 4.55. The summed E-state index contributed by atoms with van der Waals surface area (Å²) in [4.78, 5) is 0.906. The van der Waals surface area contributed by atoms with Crippen LogP contribution in [0.1, 0.15) is 31.2 Å². The Bertz CT molecular complexity index is 380. The fourth-order valence-corrected chi connectivity index (χ4v) is 3.31. The summed E-state index contributed by atoms with van der Waals surface area (Å²) >= 11 is 1.66. The van der Waals surface area contributed by atoms with Crippen molar-refractivity contribution in [1.82, 2.24) is 0 Å². The number of halogens is 3. The van der Waals surface area contributed by atoms with Crippen molar-refractivity contribution < 1.29 is 13.2 Å². The molecule has 0 atom stereocenters. The Morgan fingerprint density at radius 3 is 2.06 bits per heavy atom. The lowest BCUT2D eigenvalue weighted by molar-refractivity contribution is -0.137. The quantitative estimate of drug-likeness (QED) is 0.880. The number of thioether (sulfide) groups is 1. The first-order valence-corrected chi connectivity index (χ1v) is 6.92. The highest BCUT2D eigenvalue weighted by Crippen LogP contribution is 2.35. The Morgan fingerprint density at radius 1 is 1.00 bits per heavy atom. The topological polar surface area (TPSA) is 26.0 Å². The summed E-state index contributed by atoms with van der Waals surface area (Å²) in [5.74, 6) is 0. The van der Waals surface area contributed by atoms with Crippen LogP contribution in [0.5, 0.6) is 0 Å². The largest absolute Gasteiger partial charge is 0.416 e. The van der Waals surface area contributed by atoms with Gasteiger partial charge in [0.2, 0.25) is 0 Å². The number of benzene rings is 1. The van der Waals surface area contributed by atoms with Crippen molar-refractivity contribution in [2.45, 2.75) is 48.0 Å². The zero-order chi connectivity index (χ0) is 13.2. The van der Waals surface area contributed by atoms with Crippen LogP contribution in [0.3, 0.4) is 0 Å². The monoisotopic (exact) mass is 275 g/mol. The van der Waals surface area contributed by atoms with Gasteiger partial charge in [-0.25, -0.2) is 0 Å². The molecule has 0 aromatic heterocycles. The molecule has 1 aliphatic rings. The number of rotatable bonds is 2. The molecule has 18 heavy (non-hydrogen) atoms. The summed E-state index contributed by atoms with van der Waals surface area (Å²) in [6, 6.07) is 5.71. The zero-order valence-electron chi connectivity index (χ0n) is 9.91. The summed E-state index contributed by atoms with van der Waals surface area (Å²) in [6.45, 7) is 0. The molecule has 0 saturated heterocycles. The summed E-state index contributed by atoms with van der Waals surface area (Å²) in [5.41, 5.74) is 5.24. The molecule has 0 spiro atoms. The third kappa shape index (κ3) is 3.65. The first kappa shape index (κ1) is 13.7. The molecule has 5 heteroatoms. The Hall–Kier alpha value is -0.680. The maximum absolute atomic E-state index is 12.4. The Morgan fingerprint density at radius 2 is 1.56 bits per heavy atom. The van der Waals surface area contributed by atoms with Crippen LogP contribution in [-0.4, -0.2) is 11.3 Å². The van der Waals surface area contributed by atoms with Crippen molar-refractivity contribution in [3.05, 3.63) is 29.8 Å². The van der Waals surface area contributed by atoms with Crippen LogP contribution >= 0.6 is 11.8 Å². The van der Waals surface area contributed by atoms with E-state index in [4.69, 9.17) is 5.73 Å². The van der Waals surface area contributed by atoms with E-state index in [9.17, 15) is 13.2 Å². The van der Waals surface area contributed by atoms with Gasteiger partial charge in [-0.3, -0.25) is 0 Å². The molecule has 0 aliphatic heterocycles. The van der Waals surface area contributed by atoms with Crippen molar-refractivity contribution in [1.29, 1.82) is 0 Å². The third-order valence-electron chi connectivity index (χ3n) is 3.20. The second-order valence-electron chi connectivity index (χ2n) is 4.68. The van der Waals surface area contributed by atoms with Crippen molar-refractivity contribution in [3.8, 4) is 0 Å². The van der Waals surface area contributed by atoms with Crippen LogP contribution in [0, 0.1) is 0 Å². The van der Waals surface area contributed by atoms with Crippen LogP contribution in [-0.2, 0) is 6.18 Å². The molecule has 0 amide bonds. The van der Waals surface area contributed by atoms with Gasteiger partial charge in [-0.2, -0.15) is 13.2 Å². The second-order valence-corrected chi connectivity index (χ2v) is 6.05. The van der Waals surface area contributed by atoms with Crippen LogP contribution in [0.2, 0.25) is 0 Å². The first-order chi connectivity index (χ1) is 8.45. The fourth-order valence-electron chi connectivity index (χ4n) is 2.12. The van der Waals surface area contributed by atoms with E-state index < -0.39 is 11.7 Å². The lowest BCUT2D eigenvalue weighted by atomic mass is 9.96. The summed E-state index contributed by atoms with van der Waals surface area (Å²) < 4.78 is 37.2. The molecule has 1 aliphatic carbocycles. The van der Waals surface area contributed by atoms with Crippen LogP contribution in [0.25, 0.3) is 0 Å². The highest BCUT2D eigenvalue weighted by atomic mass is 32.2. The van der Waals surface area contributed by atoms with Crippen molar-refractivity contribution >= 4 is 11.8 Å². The molecule has 0 unspecified atom stereocenters. The standard InChI is InChI=1S/C13H16F3NS/c14-13(15,16)9-1-5-11(6-2-9)18-12-7-3-10(17)4-8-12/h1-2,5-6,10,12H,3-4,7-8,17H2. The molecular formula is C13H16F3NS. The average Bonchev–Trinajstić information content (AvgIpc) is 2.32. The number of nitrogens with two attached hydrogens (primary N) is 1. The molecule has 1 saturated carbocycles. The van der Waals surface area contributed by atoms with E-state index >= 15 is 0 Å². The minimum atomic E-state index is -4.25. The van der Waals surface area contributed by atoms with Crippen LogP contribution in [0.15, 0.2) is 29.2 Å². The number of hydrogen-bond donors (Lipinski definition) is 1. The predicted octanol–water partition coefficient (Wildman–Crippen LogP) is 4.07. The molecule has 2 N–H and O–H groups in total. The maximum Gasteiger partial charge on any atom is 0.416 e. The molecule has 100 valence electrons. The second kappa shape index (κ2) is 5.53. The van der Waals surface area contributed by atoms with E-state index in [0.717, 1.165) is 42.7 Å². The van der Waals surface area contributed by atoms with Gasteiger partial charge in [0.15, 0.2) is 0 Å². The lowest BCUT2D eigenvalue weighted by Crippen LogP contribution is -2.27. The molecule has 0 heterocycles. The van der Waals surface area contributed by atoms with E-state index in [2.05, 4.69) is 0 Å². The van der Waals surface area contributed by atoms with Gasteiger partial charge in [0, 0.05) is 16.2 Å². The molecule has 1 nitrogen and oxygen atoms in total. The summed E-state index contributed by atoms with van der Waals surface area (Å²) in [5, 5.41) is 0.488. The van der Waals surface area contributed by atoms with Gasteiger partial charge in [-0.1, -0.05) is 0 Å². The summed E-state index contributed by atoms with van der Waals surface area (Å²) in [7, 11) is 0. The highest BCUT2D eigenvalue weighted by Gasteiger charge is 2.30. The minimum Gasteiger partial charge on any atom is -0.328 e. The molecule has 0 bridgehead atoms. The van der Waals surface area contributed by atoms with E-state index in [0.29, 0.717) is 11.3 Å². The van der Waals surface area contributed by atoms with Gasteiger partial charge in [0.1, 0.15) is 0 Å². The van der Waals surface area contributed by atoms with Gasteiger partial charge < -0.3 is 5.73 Å². The molecule has 0 radical (unpaired) electrons. The normalized spacial score (nSPS) is 25.1. The Kier molecular flexibility index (Phi) is 4.22. The van der Waals surface area contributed by atoms with Crippen LogP contribution < -0.4 is 5.73 Å². The van der Waals surface area contributed by atoms with E-state index in [-0.39, 0.29) is 0 Å². The zero-order valence-corrected chi connectivity index (χ0v) is 10.7. The first-order valence-electron chi connectivity index (χ1n) is 6.04. The fraction of sp³-hybridized carbons (Fsp3) is 0.538. The van der Waals surface area contributed by atoms with Crippen molar-refractivity contribution in [2.24, 2.45) is 5.73 Å². The predicted molar refractivity (Wildman–Crippen MR) is 67.5 cm³/mol. The molecule has 2 rings (SSSR count). The van der Waals surface area contributed by atoms with Crippen molar-refractivity contribution in [3.63, 3.8) is 0 Å². The van der Waals surface area contributed by atoms with Crippen LogP contribution in [0.4, 0.5) is 13.2 Å². The Balaban J connectivity index is 1.94. The van der Waals surface area contributed by atoms with Gasteiger partial charge in [0.25, 0.3) is 0 Å². The smallest absolute Gasteiger partial charge is 0.328 e. The van der Waals surface area contributed by atoms with Gasteiger partial charge in [0.05, 0.1) is 5.56 Å². The summed E-state index contributed by atoms with van der Waals surface area (Å²) in [6.07, 6.45) is -0.128. The Labute approximate surface area is 109 Å². The van der Waals surface area contributed by atoms with Gasteiger partial charge in [-0.05, 0) is 49.9 Å². The van der Waals surface area contributed by atoms with E-state index in [1.807, 2.05) is 0 Å². The molecule has 1 aromatic carbocycles. The number of alkyl halides is 3. The van der Waals surface area contributed by atoms with Gasteiger partial charge >= 0.3 is 6.18 Å². The maximum atomic E-state index is 12.4. The molecule has 1 fully saturated rings. The van der Waals surface area contributed by atoms with E-state index in [1.54, 1.807) is 23.9 Å². The molecular weight excluding hydrogens is 259 g/mol. The van der Waals surface area contributed by atoms with Gasteiger partial charge in [-0.15, -0.1) is 11.8 Å². The highest BCUT2D eigenvalue weighted by molar-refractivity contribution is 8.00. The van der Waals surface area contributed by atoms with Crippen molar-refractivity contribution in [2.75, 3.05) is 0 Å². The SMILES string of the molecule is NC1CCC(Sc2ccc(C(F)(F)F)cc2)CC1. The minimum absolute atomic E-state index is 0.300. The molecule has 1 aromatic rings. The van der Waals surface area contributed by atoms with E-state index in [1.165, 1.54) is 0 Å². The number of hydrogen-bond acceptors (Lipinski definition) is 2. The lowest BCUT2D eigenvalue weighted by Gasteiger charge is -2.25. The average molecular weight is 275 g/mol.